The number of halogens is 4. The molecule has 0 fully saturated rings. The Kier molecular flexibility index (Phi) is 4.96. The molecule has 1 heterocycles. The number of hydrogen-bond acceptors (Lipinski definition) is 4. The predicted octanol–water partition coefficient (Wildman–Crippen LogP) is 3.96. The second-order valence-electron chi connectivity index (χ2n) is 4.49. The Labute approximate surface area is 137 Å². The monoisotopic (exact) mass is 393 g/mol. The Morgan fingerprint density at radius 2 is 1.86 bits per heavy atom. The second-order valence-corrected chi connectivity index (χ2v) is 6.72. The van der Waals surface area contributed by atoms with Gasteiger partial charge < -0.3 is 4.57 Å². The zero-order valence-electron chi connectivity index (χ0n) is 11.6. The van der Waals surface area contributed by atoms with Gasteiger partial charge in [0.2, 0.25) is 5.82 Å². The lowest BCUT2D eigenvalue weighted by Crippen LogP contribution is -2.16. The van der Waals surface area contributed by atoms with E-state index >= 15 is 0 Å². The molecule has 0 aliphatic rings. The highest BCUT2D eigenvalue weighted by atomic mass is 79.9. The first-order valence-corrected chi connectivity index (χ1v) is 7.80. The van der Waals surface area contributed by atoms with Crippen LogP contribution in [0.25, 0.3) is 0 Å². The van der Waals surface area contributed by atoms with Crippen molar-refractivity contribution in [3.63, 3.8) is 0 Å². The lowest BCUT2D eigenvalue weighted by molar-refractivity contribution is -0.147. The minimum absolute atomic E-state index is 0.0466. The van der Waals surface area contributed by atoms with Crippen LogP contribution in [0, 0.1) is 0 Å². The van der Waals surface area contributed by atoms with Crippen LogP contribution in [0.3, 0.4) is 0 Å². The smallest absolute Gasteiger partial charge is 0.302 e. The van der Waals surface area contributed by atoms with Crippen molar-refractivity contribution in [3.8, 4) is 0 Å². The van der Waals surface area contributed by atoms with Gasteiger partial charge in [-0.25, -0.2) is 0 Å². The zero-order valence-corrected chi connectivity index (χ0v) is 14.0. The van der Waals surface area contributed by atoms with Gasteiger partial charge in [-0.15, -0.1) is 10.2 Å². The quantitative estimate of drug-likeness (QED) is 0.582. The van der Waals surface area contributed by atoms with E-state index in [4.69, 9.17) is 0 Å². The topological polar surface area (TPSA) is 47.8 Å². The summed E-state index contributed by atoms with van der Waals surface area (Å²) in [4.78, 5) is 12.3. The van der Waals surface area contributed by atoms with E-state index in [0.717, 1.165) is 20.8 Å². The van der Waals surface area contributed by atoms with Gasteiger partial charge in [0.1, 0.15) is 0 Å². The summed E-state index contributed by atoms with van der Waals surface area (Å²) in [5, 5.41) is 6.11. The third kappa shape index (κ3) is 3.70. The van der Waals surface area contributed by atoms with E-state index in [0.29, 0.717) is 5.56 Å². The molecule has 1 atom stereocenters. The molecule has 0 radical (unpaired) electrons. The SMILES string of the molecule is CC(Sc1nnc(C(F)(F)F)n1C)C(=O)c1ccc(Br)cc1. The fourth-order valence-corrected chi connectivity index (χ4v) is 2.88. The van der Waals surface area contributed by atoms with Crippen LogP contribution in [0.1, 0.15) is 23.1 Å². The second kappa shape index (κ2) is 6.41. The molecule has 2 rings (SSSR count). The van der Waals surface area contributed by atoms with Crippen molar-refractivity contribution in [1.29, 1.82) is 0 Å². The highest BCUT2D eigenvalue weighted by Crippen LogP contribution is 2.31. The lowest BCUT2D eigenvalue weighted by Gasteiger charge is -2.10. The van der Waals surface area contributed by atoms with Crippen LogP contribution in [-0.4, -0.2) is 25.8 Å². The van der Waals surface area contributed by atoms with Crippen LogP contribution in [0.5, 0.6) is 0 Å². The molecule has 9 heteroatoms. The Morgan fingerprint density at radius 3 is 2.36 bits per heavy atom. The summed E-state index contributed by atoms with van der Waals surface area (Å²) in [6.07, 6.45) is -4.57. The van der Waals surface area contributed by atoms with Gasteiger partial charge in [0.05, 0.1) is 5.25 Å². The summed E-state index contributed by atoms with van der Waals surface area (Å²) < 4.78 is 39.7. The molecular formula is C13H11BrF3N3OS. The van der Waals surface area contributed by atoms with Gasteiger partial charge in [-0.05, 0) is 19.1 Å². The summed E-state index contributed by atoms with van der Waals surface area (Å²) in [5.41, 5.74) is 0.487. The lowest BCUT2D eigenvalue weighted by atomic mass is 10.1. The highest BCUT2D eigenvalue weighted by molar-refractivity contribution is 9.10. The maximum Gasteiger partial charge on any atom is 0.451 e. The van der Waals surface area contributed by atoms with Crippen molar-refractivity contribution < 1.29 is 18.0 Å². The Morgan fingerprint density at radius 1 is 1.27 bits per heavy atom. The molecule has 0 saturated heterocycles. The van der Waals surface area contributed by atoms with Crippen LogP contribution in [0.4, 0.5) is 13.2 Å². The molecule has 1 unspecified atom stereocenters. The van der Waals surface area contributed by atoms with Gasteiger partial charge in [0, 0.05) is 17.1 Å². The molecule has 0 N–H and O–H groups in total. The van der Waals surface area contributed by atoms with Crippen LogP contribution >= 0.6 is 27.7 Å². The number of nitrogens with zero attached hydrogens (tertiary/aromatic N) is 3. The number of benzene rings is 1. The van der Waals surface area contributed by atoms with Gasteiger partial charge in [0.25, 0.3) is 0 Å². The van der Waals surface area contributed by atoms with Crippen molar-refractivity contribution >= 4 is 33.5 Å². The number of carbonyl (C=O) groups is 1. The van der Waals surface area contributed by atoms with Crippen molar-refractivity contribution in [2.24, 2.45) is 7.05 Å². The molecule has 0 spiro atoms. The average molecular weight is 394 g/mol. The Bertz CT molecular complexity index is 685. The van der Waals surface area contributed by atoms with E-state index in [1.54, 1.807) is 31.2 Å². The Hall–Kier alpha value is -1.35. The van der Waals surface area contributed by atoms with Crippen LogP contribution in [0.2, 0.25) is 0 Å². The van der Waals surface area contributed by atoms with E-state index in [1.807, 2.05) is 0 Å². The van der Waals surface area contributed by atoms with Gasteiger partial charge >= 0.3 is 6.18 Å². The van der Waals surface area contributed by atoms with E-state index in [-0.39, 0.29) is 10.9 Å². The third-order valence-corrected chi connectivity index (χ3v) is 4.53. The molecule has 2 aromatic rings. The fourth-order valence-electron chi connectivity index (χ4n) is 1.72. The molecule has 0 bridgehead atoms. The highest BCUT2D eigenvalue weighted by Gasteiger charge is 2.37. The maximum atomic E-state index is 12.7. The molecule has 4 nitrogen and oxygen atoms in total. The standard InChI is InChI=1S/C13H11BrF3N3OS/c1-7(10(21)8-3-5-9(14)6-4-8)22-12-19-18-11(20(12)2)13(15,16)17/h3-7H,1-2H3. The van der Waals surface area contributed by atoms with Gasteiger partial charge in [-0.3, -0.25) is 4.79 Å². The van der Waals surface area contributed by atoms with E-state index in [9.17, 15) is 18.0 Å². The maximum absolute atomic E-state index is 12.7. The molecule has 22 heavy (non-hydrogen) atoms. The third-order valence-electron chi connectivity index (χ3n) is 2.87. The molecule has 1 aromatic heterocycles. The number of alkyl halides is 3. The number of ketones is 1. The van der Waals surface area contributed by atoms with E-state index in [2.05, 4.69) is 26.1 Å². The van der Waals surface area contributed by atoms with Crippen molar-refractivity contribution in [1.82, 2.24) is 14.8 Å². The number of thioether (sulfide) groups is 1. The number of carbonyl (C=O) groups excluding carboxylic acids is 1. The molecule has 0 aliphatic carbocycles. The number of hydrogen-bond donors (Lipinski definition) is 0. The first kappa shape index (κ1) is 17.0. The number of Topliss-reactive ketones (excluding diaryl/α,β-unsaturated/α-hetero) is 1. The van der Waals surface area contributed by atoms with Gasteiger partial charge in [0.15, 0.2) is 10.9 Å². The van der Waals surface area contributed by atoms with Gasteiger partial charge in [-0.1, -0.05) is 39.8 Å². The summed E-state index contributed by atoms with van der Waals surface area (Å²) in [6.45, 7) is 1.62. The van der Waals surface area contributed by atoms with Crippen molar-refractivity contribution in [3.05, 3.63) is 40.1 Å². The number of rotatable bonds is 4. The first-order chi connectivity index (χ1) is 10.2. The molecule has 1 aromatic carbocycles. The molecule has 0 saturated carbocycles. The summed E-state index contributed by atoms with van der Waals surface area (Å²) in [5.74, 6) is -1.27. The van der Waals surface area contributed by atoms with Crippen molar-refractivity contribution in [2.45, 2.75) is 23.5 Å². The molecular weight excluding hydrogens is 383 g/mol. The van der Waals surface area contributed by atoms with Crippen LogP contribution in [0.15, 0.2) is 33.9 Å². The number of aromatic nitrogens is 3. The van der Waals surface area contributed by atoms with Crippen molar-refractivity contribution in [2.75, 3.05) is 0 Å². The van der Waals surface area contributed by atoms with Gasteiger partial charge in [-0.2, -0.15) is 13.2 Å². The normalized spacial score (nSPS) is 13.2. The fraction of sp³-hybridized carbons (Fsp3) is 0.308. The van der Waals surface area contributed by atoms with Crippen LogP contribution in [-0.2, 0) is 13.2 Å². The summed E-state index contributed by atoms with van der Waals surface area (Å²) in [7, 11) is 1.22. The predicted molar refractivity (Wildman–Crippen MR) is 79.8 cm³/mol. The minimum atomic E-state index is -4.57. The summed E-state index contributed by atoms with van der Waals surface area (Å²) in [6, 6.07) is 6.77. The van der Waals surface area contributed by atoms with Crippen LogP contribution < -0.4 is 0 Å². The molecule has 0 amide bonds. The minimum Gasteiger partial charge on any atom is -0.302 e. The largest absolute Gasteiger partial charge is 0.451 e. The molecule has 0 aliphatic heterocycles. The van der Waals surface area contributed by atoms with E-state index < -0.39 is 17.3 Å². The first-order valence-electron chi connectivity index (χ1n) is 6.13. The molecule has 118 valence electrons. The summed E-state index contributed by atoms with van der Waals surface area (Å²) >= 11 is 4.21. The average Bonchev–Trinajstić information content (AvgIpc) is 2.80. The Balaban J connectivity index is 2.15. The zero-order chi connectivity index (χ0) is 16.5. The van der Waals surface area contributed by atoms with E-state index in [1.165, 1.54) is 7.05 Å².